The zero-order valence-corrected chi connectivity index (χ0v) is 23.0. The summed E-state index contributed by atoms with van der Waals surface area (Å²) >= 11 is 3.40. The summed E-state index contributed by atoms with van der Waals surface area (Å²) in [6, 6.07) is 19.2. The van der Waals surface area contributed by atoms with Crippen LogP contribution in [0, 0.1) is 0 Å². The fourth-order valence-corrected chi connectivity index (χ4v) is 5.59. The minimum Gasteiger partial charge on any atom is -0.497 e. The third-order valence-electron chi connectivity index (χ3n) is 7.12. The van der Waals surface area contributed by atoms with Crippen LogP contribution in [0.25, 0.3) is 0 Å². The van der Waals surface area contributed by atoms with E-state index in [1.807, 2.05) is 43.3 Å². The first-order valence-corrected chi connectivity index (χ1v) is 13.2. The molecule has 3 N–H and O–H groups in total. The van der Waals surface area contributed by atoms with Gasteiger partial charge in [0.15, 0.2) is 5.78 Å². The number of benzene rings is 2. The number of carbonyl (C=O) groups is 2. The Balaban J connectivity index is 1.61. The number of anilines is 1. The largest absolute Gasteiger partial charge is 0.497 e. The molecular formula is C30H29BrN3O4+. The van der Waals surface area contributed by atoms with Crippen LogP contribution in [0.5, 0.6) is 11.5 Å². The standard InChI is InChI=1S/C30H28BrN3O4/c1-17-27(30(36)34-26-12-9-20(31)16-32-26)28(22-11-10-21(37-2)15-25(22)38-3)29-23(33-17)13-19(14-24(29)35)18-7-5-4-6-8-18/h4-12,15-16,19,28,33H,13-14H2,1-3H3,(H,32,34,36)/p+1. The maximum atomic E-state index is 13.9. The molecule has 0 saturated heterocycles. The molecule has 3 aromatic rings. The van der Waals surface area contributed by atoms with Gasteiger partial charge in [-0.05, 0) is 52.9 Å². The van der Waals surface area contributed by atoms with Gasteiger partial charge in [0.1, 0.15) is 17.7 Å². The molecule has 0 fully saturated rings. The average Bonchev–Trinajstić information content (AvgIpc) is 2.93. The molecule has 0 radical (unpaired) electrons. The first kappa shape index (κ1) is 25.7. The number of halogens is 1. The smallest absolute Gasteiger partial charge is 0.337 e. The third kappa shape index (κ3) is 4.96. The molecule has 2 aliphatic rings. The van der Waals surface area contributed by atoms with Crippen LogP contribution in [0.4, 0.5) is 5.82 Å². The SMILES string of the molecule is COc1ccc(C2C(C(=O)Nc3ccc(Br)c[nH+]3)=C(C)NC3=C2C(=O)CC(c2ccccc2)C3)c(OC)c1. The van der Waals surface area contributed by atoms with Crippen LogP contribution in [-0.2, 0) is 9.59 Å². The first-order chi connectivity index (χ1) is 18.4. The van der Waals surface area contributed by atoms with E-state index in [1.165, 1.54) is 0 Å². The van der Waals surface area contributed by atoms with Crippen molar-refractivity contribution >= 4 is 33.4 Å². The van der Waals surface area contributed by atoms with E-state index in [9.17, 15) is 9.59 Å². The number of ether oxygens (including phenoxy) is 2. The van der Waals surface area contributed by atoms with Gasteiger partial charge in [-0.3, -0.25) is 4.79 Å². The second kappa shape index (κ2) is 10.8. The van der Waals surface area contributed by atoms with Crippen LogP contribution in [-0.4, -0.2) is 25.9 Å². The van der Waals surface area contributed by atoms with Crippen LogP contribution in [0.1, 0.15) is 42.7 Å². The van der Waals surface area contributed by atoms with Gasteiger partial charge in [0.25, 0.3) is 5.82 Å². The summed E-state index contributed by atoms with van der Waals surface area (Å²) in [4.78, 5) is 30.7. The molecule has 2 aromatic carbocycles. The molecule has 5 rings (SSSR count). The van der Waals surface area contributed by atoms with E-state index < -0.39 is 5.92 Å². The summed E-state index contributed by atoms with van der Waals surface area (Å²) in [5.74, 6) is 0.890. The number of dihydropyridines is 1. The number of hydrogen-bond donors (Lipinski definition) is 2. The lowest BCUT2D eigenvalue weighted by atomic mass is 9.71. The minimum atomic E-state index is -0.605. The van der Waals surface area contributed by atoms with Crippen LogP contribution in [0.2, 0.25) is 0 Å². The van der Waals surface area contributed by atoms with E-state index in [-0.39, 0.29) is 17.6 Å². The highest BCUT2D eigenvalue weighted by Gasteiger charge is 2.43. The van der Waals surface area contributed by atoms with Crippen LogP contribution >= 0.6 is 15.9 Å². The topological polar surface area (TPSA) is 90.8 Å². The number of aromatic amines is 1. The van der Waals surface area contributed by atoms with Crippen molar-refractivity contribution in [3.05, 3.63) is 105 Å². The van der Waals surface area contributed by atoms with Gasteiger partial charge in [-0.25, -0.2) is 15.1 Å². The number of rotatable bonds is 6. The van der Waals surface area contributed by atoms with Gasteiger partial charge in [0.05, 0.1) is 30.2 Å². The zero-order chi connectivity index (χ0) is 26.8. The van der Waals surface area contributed by atoms with E-state index in [4.69, 9.17) is 9.47 Å². The Hall–Kier alpha value is -3.91. The lowest BCUT2D eigenvalue weighted by Crippen LogP contribution is -2.37. The Morgan fingerprint density at radius 2 is 1.84 bits per heavy atom. The van der Waals surface area contributed by atoms with Crippen LogP contribution in [0.15, 0.2) is 93.9 Å². The molecule has 1 aromatic heterocycles. The molecule has 8 heteroatoms. The molecule has 0 saturated carbocycles. The Bertz CT molecular complexity index is 1450. The summed E-state index contributed by atoms with van der Waals surface area (Å²) in [6.45, 7) is 1.88. The molecule has 0 bridgehead atoms. The number of hydrogen-bond acceptors (Lipinski definition) is 5. The monoisotopic (exact) mass is 574 g/mol. The molecule has 38 heavy (non-hydrogen) atoms. The summed E-state index contributed by atoms with van der Waals surface area (Å²) in [5, 5.41) is 6.39. The number of pyridine rings is 1. The van der Waals surface area contributed by atoms with Gasteiger partial charge in [-0.15, -0.1) is 0 Å². The lowest BCUT2D eigenvalue weighted by Gasteiger charge is -2.36. The molecule has 1 amide bonds. The van der Waals surface area contributed by atoms with Gasteiger partial charge in [0, 0.05) is 41.1 Å². The quantitative estimate of drug-likeness (QED) is 0.418. The second-order valence-corrected chi connectivity index (χ2v) is 10.3. The lowest BCUT2D eigenvalue weighted by molar-refractivity contribution is -0.361. The average molecular weight is 575 g/mol. The highest BCUT2D eigenvalue weighted by atomic mass is 79.9. The number of H-pyrrole nitrogens is 1. The van der Waals surface area contributed by atoms with E-state index in [2.05, 4.69) is 43.7 Å². The molecule has 2 heterocycles. The number of nitrogens with one attached hydrogen (secondary N) is 3. The molecule has 2 unspecified atom stereocenters. The van der Waals surface area contributed by atoms with Gasteiger partial charge in [-0.2, -0.15) is 0 Å². The third-order valence-corrected chi connectivity index (χ3v) is 7.61. The molecule has 1 aliphatic carbocycles. The van der Waals surface area contributed by atoms with E-state index in [0.717, 1.165) is 21.3 Å². The second-order valence-electron chi connectivity index (χ2n) is 9.41. The first-order valence-electron chi connectivity index (χ1n) is 12.4. The Morgan fingerprint density at radius 3 is 2.53 bits per heavy atom. The van der Waals surface area contributed by atoms with Crippen molar-refractivity contribution in [1.82, 2.24) is 5.32 Å². The zero-order valence-electron chi connectivity index (χ0n) is 21.4. The summed E-state index contributed by atoms with van der Waals surface area (Å²) in [7, 11) is 3.17. The number of aromatic nitrogens is 1. The van der Waals surface area contributed by atoms with Gasteiger partial charge < -0.3 is 14.8 Å². The molecule has 2 atom stereocenters. The van der Waals surface area contributed by atoms with Gasteiger partial charge in [-0.1, -0.05) is 36.4 Å². The predicted octanol–water partition coefficient (Wildman–Crippen LogP) is 5.28. The fraction of sp³-hybridized carbons (Fsp3) is 0.233. The van der Waals surface area contributed by atoms with Crippen molar-refractivity contribution in [1.29, 1.82) is 0 Å². The molecule has 0 spiro atoms. The van der Waals surface area contributed by atoms with Crippen molar-refractivity contribution in [2.75, 3.05) is 19.5 Å². The van der Waals surface area contributed by atoms with Crippen molar-refractivity contribution < 1.29 is 24.0 Å². The number of allylic oxidation sites excluding steroid dienone is 3. The highest BCUT2D eigenvalue weighted by molar-refractivity contribution is 9.10. The predicted molar refractivity (Wildman–Crippen MR) is 148 cm³/mol. The minimum absolute atomic E-state index is 0.0171. The van der Waals surface area contributed by atoms with Gasteiger partial charge in [0.2, 0.25) is 0 Å². The van der Waals surface area contributed by atoms with Crippen molar-refractivity contribution in [2.24, 2.45) is 0 Å². The maximum Gasteiger partial charge on any atom is 0.337 e. The summed E-state index contributed by atoms with van der Waals surface area (Å²) < 4.78 is 12.0. The maximum absolute atomic E-state index is 13.9. The van der Waals surface area contributed by atoms with Gasteiger partial charge >= 0.3 is 5.91 Å². The molecule has 1 aliphatic heterocycles. The number of Topliss-reactive ketones (excluding diaryl/α,β-unsaturated/α-hetero) is 1. The molecule has 194 valence electrons. The molecular weight excluding hydrogens is 546 g/mol. The number of ketones is 1. The van der Waals surface area contributed by atoms with E-state index in [0.29, 0.717) is 47.0 Å². The van der Waals surface area contributed by atoms with Crippen LogP contribution in [0.3, 0.4) is 0 Å². The number of carbonyl (C=O) groups excluding carboxylic acids is 2. The summed E-state index contributed by atoms with van der Waals surface area (Å²) in [6.07, 6.45) is 2.79. The van der Waals surface area contributed by atoms with Crippen molar-refractivity contribution in [2.45, 2.75) is 31.6 Å². The Morgan fingerprint density at radius 1 is 1.05 bits per heavy atom. The Labute approximate surface area is 230 Å². The molecule has 7 nitrogen and oxygen atoms in total. The van der Waals surface area contributed by atoms with Crippen LogP contribution < -0.4 is 25.1 Å². The highest BCUT2D eigenvalue weighted by Crippen LogP contribution is 2.48. The normalized spacial score (nSPS) is 19.0. The van der Waals surface area contributed by atoms with Crippen molar-refractivity contribution in [3.8, 4) is 11.5 Å². The summed E-state index contributed by atoms with van der Waals surface area (Å²) in [5.41, 5.74) is 4.48. The van der Waals surface area contributed by atoms with E-state index in [1.54, 1.807) is 32.5 Å². The number of methoxy groups -OCH3 is 2. The number of amides is 1. The Kier molecular flexibility index (Phi) is 7.33. The fourth-order valence-electron chi connectivity index (χ4n) is 5.34. The van der Waals surface area contributed by atoms with E-state index >= 15 is 0 Å². The van der Waals surface area contributed by atoms with Crippen molar-refractivity contribution in [3.63, 3.8) is 0 Å².